The molecule has 0 unspecified atom stereocenters. The highest BCUT2D eigenvalue weighted by atomic mass is 15.2. The second kappa shape index (κ2) is 10.1. The Balaban J connectivity index is 1.23. The lowest BCUT2D eigenvalue weighted by molar-refractivity contribution is 0.293. The van der Waals surface area contributed by atoms with Gasteiger partial charge in [0.05, 0.1) is 17.3 Å². The summed E-state index contributed by atoms with van der Waals surface area (Å²) in [5, 5.41) is 24.0. The Kier molecular flexibility index (Phi) is 6.54. The lowest BCUT2D eigenvalue weighted by Gasteiger charge is -2.40. The van der Waals surface area contributed by atoms with E-state index in [2.05, 4.69) is 55.0 Å². The van der Waals surface area contributed by atoms with E-state index in [0.29, 0.717) is 23.7 Å². The molecule has 0 bridgehead atoms. The van der Waals surface area contributed by atoms with Gasteiger partial charge in [0.2, 0.25) is 0 Å². The highest BCUT2D eigenvalue weighted by Gasteiger charge is 2.29. The third kappa shape index (κ3) is 5.18. The van der Waals surface area contributed by atoms with Crippen molar-refractivity contribution in [3.05, 3.63) is 60.4 Å². The molecule has 3 heterocycles. The predicted octanol–water partition coefficient (Wildman–Crippen LogP) is 4.33. The molecule has 7 nitrogen and oxygen atoms in total. The number of pyridine rings is 1. The predicted molar refractivity (Wildman–Crippen MR) is 131 cm³/mol. The van der Waals surface area contributed by atoms with Crippen molar-refractivity contribution in [2.45, 2.75) is 56.7 Å². The van der Waals surface area contributed by atoms with Crippen LogP contribution in [-0.2, 0) is 0 Å². The summed E-state index contributed by atoms with van der Waals surface area (Å²) in [6, 6.07) is 17.5. The van der Waals surface area contributed by atoms with Crippen LogP contribution in [0, 0.1) is 11.3 Å². The first-order valence-corrected chi connectivity index (χ1v) is 12.0. The SMILES string of the molecule is N#Cc1ccc(N2CCC[C@H](N[C@@H]3CCCC[C@H]3Nc3cc(-c4cc[nH]n4)ccn3)C2)cc1. The fourth-order valence-corrected chi connectivity index (χ4v) is 5.18. The van der Waals surface area contributed by atoms with Crippen molar-refractivity contribution in [1.29, 1.82) is 5.26 Å². The molecule has 3 atom stereocenters. The second-order valence-corrected chi connectivity index (χ2v) is 9.14. The van der Waals surface area contributed by atoms with Gasteiger partial charge in [-0.3, -0.25) is 5.10 Å². The van der Waals surface area contributed by atoms with Crippen LogP contribution < -0.4 is 15.5 Å². The molecule has 5 rings (SSSR count). The van der Waals surface area contributed by atoms with Gasteiger partial charge in [-0.15, -0.1) is 0 Å². The standard InChI is InChI=1S/C26H31N7/c27-17-19-7-9-22(10-8-19)33-15-3-4-21(18-33)30-24-5-1-2-6-25(24)31-26-16-20(11-13-28-26)23-12-14-29-32-23/h7-14,16,21,24-25,30H,1-6,15,18H2,(H,28,31)(H,29,32)/t21-,24+,25+/m0/s1. The van der Waals surface area contributed by atoms with Crippen molar-refractivity contribution in [2.75, 3.05) is 23.3 Å². The van der Waals surface area contributed by atoms with Gasteiger partial charge in [-0.2, -0.15) is 10.4 Å². The van der Waals surface area contributed by atoms with Gasteiger partial charge in [0, 0.05) is 54.9 Å². The number of rotatable bonds is 6. The van der Waals surface area contributed by atoms with Crippen molar-refractivity contribution >= 4 is 11.5 Å². The van der Waals surface area contributed by atoms with Crippen molar-refractivity contribution < 1.29 is 0 Å². The molecule has 170 valence electrons. The maximum atomic E-state index is 9.07. The Bertz CT molecular complexity index is 1070. The first-order chi connectivity index (χ1) is 16.3. The van der Waals surface area contributed by atoms with E-state index in [4.69, 9.17) is 5.26 Å². The Morgan fingerprint density at radius 3 is 2.64 bits per heavy atom. The molecule has 1 saturated heterocycles. The summed E-state index contributed by atoms with van der Waals surface area (Å²) >= 11 is 0. The zero-order valence-electron chi connectivity index (χ0n) is 18.9. The third-order valence-electron chi connectivity index (χ3n) is 6.89. The topological polar surface area (TPSA) is 92.7 Å². The minimum absolute atomic E-state index is 0.367. The van der Waals surface area contributed by atoms with Gasteiger partial charge >= 0.3 is 0 Å². The van der Waals surface area contributed by atoms with Gasteiger partial charge < -0.3 is 15.5 Å². The van der Waals surface area contributed by atoms with E-state index < -0.39 is 0 Å². The van der Waals surface area contributed by atoms with Crippen molar-refractivity contribution in [1.82, 2.24) is 20.5 Å². The van der Waals surface area contributed by atoms with Gasteiger partial charge in [-0.05, 0) is 68.1 Å². The summed E-state index contributed by atoms with van der Waals surface area (Å²) in [5.74, 6) is 0.914. The average molecular weight is 442 g/mol. The van der Waals surface area contributed by atoms with Crippen LogP contribution in [0.15, 0.2) is 54.9 Å². The fourth-order valence-electron chi connectivity index (χ4n) is 5.18. The first kappa shape index (κ1) is 21.5. The largest absolute Gasteiger partial charge is 0.370 e. The molecule has 0 radical (unpaired) electrons. The molecule has 0 amide bonds. The third-order valence-corrected chi connectivity index (χ3v) is 6.89. The van der Waals surface area contributed by atoms with Crippen LogP contribution in [-0.4, -0.2) is 46.4 Å². The molecule has 1 aliphatic heterocycles. The summed E-state index contributed by atoms with van der Waals surface area (Å²) in [4.78, 5) is 7.03. The van der Waals surface area contributed by atoms with Gasteiger partial charge in [-0.1, -0.05) is 12.8 Å². The number of nitriles is 1. The van der Waals surface area contributed by atoms with Crippen LogP contribution in [0.4, 0.5) is 11.5 Å². The molecule has 7 heteroatoms. The van der Waals surface area contributed by atoms with E-state index in [-0.39, 0.29) is 0 Å². The average Bonchev–Trinajstić information content (AvgIpc) is 3.41. The Hall–Kier alpha value is -3.37. The van der Waals surface area contributed by atoms with Crippen LogP contribution in [0.25, 0.3) is 11.3 Å². The number of anilines is 2. The molecule has 1 saturated carbocycles. The summed E-state index contributed by atoms with van der Waals surface area (Å²) in [7, 11) is 0. The monoisotopic (exact) mass is 441 g/mol. The lowest BCUT2D eigenvalue weighted by atomic mass is 9.89. The van der Waals surface area contributed by atoms with E-state index >= 15 is 0 Å². The number of nitrogens with one attached hydrogen (secondary N) is 3. The van der Waals surface area contributed by atoms with Crippen LogP contribution in [0.3, 0.4) is 0 Å². The van der Waals surface area contributed by atoms with Gasteiger partial charge in [-0.25, -0.2) is 4.98 Å². The molecule has 3 N–H and O–H groups in total. The maximum absolute atomic E-state index is 9.07. The number of hydrogen-bond acceptors (Lipinski definition) is 6. The second-order valence-electron chi connectivity index (χ2n) is 9.14. The van der Waals surface area contributed by atoms with Crippen molar-refractivity contribution in [2.24, 2.45) is 0 Å². The van der Waals surface area contributed by atoms with E-state index in [1.165, 1.54) is 37.8 Å². The van der Waals surface area contributed by atoms with Gasteiger partial charge in [0.15, 0.2) is 0 Å². The summed E-state index contributed by atoms with van der Waals surface area (Å²) in [5.41, 5.74) is 3.92. The van der Waals surface area contributed by atoms with Crippen LogP contribution in [0.5, 0.6) is 0 Å². The summed E-state index contributed by atoms with van der Waals surface area (Å²) in [6.45, 7) is 2.07. The molecule has 3 aromatic rings. The minimum atomic E-state index is 0.367. The molecular weight excluding hydrogens is 410 g/mol. The number of piperidine rings is 1. The Morgan fingerprint density at radius 2 is 1.85 bits per heavy atom. The fraction of sp³-hybridized carbons (Fsp3) is 0.423. The lowest BCUT2D eigenvalue weighted by Crippen LogP contribution is -2.54. The number of benzene rings is 1. The number of aromatic amines is 1. The Morgan fingerprint density at radius 1 is 1.00 bits per heavy atom. The van der Waals surface area contributed by atoms with Crippen molar-refractivity contribution in [3.63, 3.8) is 0 Å². The van der Waals surface area contributed by atoms with Crippen molar-refractivity contribution in [3.8, 4) is 17.3 Å². The highest BCUT2D eigenvalue weighted by Crippen LogP contribution is 2.26. The molecular formula is C26H31N7. The normalized spacial score (nSPS) is 23.1. The van der Waals surface area contributed by atoms with Crippen LogP contribution in [0.2, 0.25) is 0 Å². The highest BCUT2D eigenvalue weighted by molar-refractivity contribution is 5.62. The molecule has 1 aliphatic carbocycles. The zero-order chi connectivity index (χ0) is 22.5. The van der Waals surface area contributed by atoms with E-state index in [1.54, 1.807) is 0 Å². The molecule has 33 heavy (non-hydrogen) atoms. The molecule has 1 aromatic carbocycles. The summed E-state index contributed by atoms with van der Waals surface area (Å²) < 4.78 is 0. The Labute approximate surface area is 195 Å². The molecule has 0 spiro atoms. The number of hydrogen-bond donors (Lipinski definition) is 3. The number of aromatic nitrogens is 3. The van der Waals surface area contributed by atoms with Crippen LogP contribution in [0.1, 0.15) is 44.1 Å². The maximum Gasteiger partial charge on any atom is 0.126 e. The van der Waals surface area contributed by atoms with E-state index in [9.17, 15) is 0 Å². The number of nitrogens with zero attached hydrogens (tertiary/aromatic N) is 4. The van der Waals surface area contributed by atoms with Gasteiger partial charge in [0.25, 0.3) is 0 Å². The first-order valence-electron chi connectivity index (χ1n) is 12.0. The van der Waals surface area contributed by atoms with E-state index in [1.807, 2.05) is 36.7 Å². The van der Waals surface area contributed by atoms with Gasteiger partial charge in [0.1, 0.15) is 5.82 Å². The summed E-state index contributed by atoms with van der Waals surface area (Å²) in [6.07, 6.45) is 10.9. The minimum Gasteiger partial charge on any atom is -0.370 e. The molecule has 2 fully saturated rings. The molecule has 2 aliphatic rings. The smallest absolute Gasteiger partial charge is 0.126 e. The zero-order valence-corrected chi connectivity index (χ0v) is 18.9. The quantitative estimate of drug-likeness (QED) is 0.527. The van der Waals surface area contributed by atoms with Crippen LogP contribution >= 0.6 is 0 Å². The van der Waals surface area contributed by atoms with E-state index in [0.717, 1.165) is 36.6 Å². The number of H-pyrrole nitrogens is 1. The molecule has 2 aromatic heterocycles.